The van der Waals surface area contributed by atoms with E-state index in [9.17, 15) is 0 Å². The second-order valence-corrected chi connectivity index (χ2v) is 4.56. The highest BCUT2D eigenvalue weighted by Crippen LogP contribution is 2.13. The van der Waals surface area contributed by atoms with Gasteiger partial charge in [0.25, 0.3) is 0 Å². The third-order valence-corrected chi connectivity index (χ3v) is 3.01. The summed E-state index contributed by atoms with van der Waals surface area (Å²) >= 11 is 0. The van der Waals surface area contributed by atoms with E-state index in [1.54, 1.807) is 24.3 Å². The molecule has 0 saturated heterocycles. The van der Waals surface area contributed by atoms with Gasteiger partial charge >= 0.3 is 0 Å². The predicted octanol–water partition coefficient (Wildman–Crippen LogP) is 1.41. The summed E-state index contributed by atoms with van der Waals surface area (Å²) in [6.45, 7) is 0.0816. The normalized spacial score (nSPS) is 9.61. The highest BCUT2D eigenvalue weighted by Gasteiger charge is 2.01. The average molecular weight is 309 g/mol. The number of tetrazole rings is 1. The van der Waals surface area contributed by atoms with Crippen molar-refractivity contribution in [3.63, 3.8) is 0 Å². The largest absolute Gasteiger partial charge is 0.392 e. The Hall–Kier alpha value is -3.08. The highest BCUT2D eigenvalue weighted by atomic mass is 16.3. The molecule has 1 heterocycles. The van der Waals surface area contributed by atoms with Gasteiger partial charge in [0.15, 0.2) is 0 Å². The van der Waals surface area contributed by atoms with Gasteiger partial charge in [0.1, 0.15) is 0 Å². The molecule has 0 atom stereocenters. The van der Waals surface area contributed by atoms with E-state index in [2.05, 4.69) is 20.6 Å². The molecular weight excluding hydrogens is 294 g/mol. The Labute approximate surface area is 132 Å². The van der Waals surface area contributed by atoms with Crippen LogP contribution in [0.1, 0.15) is 16.7 Å². The van der Waals surface area contributed by atoms with E-state index in [-0.39, 0.29) is 13.2 Å². The molecular formula is C16H15N5O2. The summed E-state index contributed by atoms with van der Waals surface area (Å²) in [7, 11) is 0. The summed E-state index contributed by atoms with van der Waals surface area (Å²) < 4.78 is 0. The molecule has 0 amide bonds. The van der Waals surface area contributed by atoms with E-state index in [0.29, 0.717) is 11.4 Å². The maximum absolute atomic E-state index is 8.81. The van der Waals surface area contributed by atoms with Crippen LogP contribution < -0.4 is 0 Å². The second-order valence-electron chi connectivity index (χ2n) is 4.56. The molecule has 3 rings (SSSR count). The molecule has 116 valence electrons. The smallest absolute Gasteiger partial charge is 0.204 e. The van der Waals surface area contributed by atoms with Gasteiger partial charge in [0, 0.05) is 5.56 Å². The zero-order valence-corrected chi connectivity index (χ0v) is 12.2. The van der Waals surface area contributed by atoms with Crippen molar-refractivity contribution in [3.05, 3.63) is 65.2 Å². The Kier molecular flexibility index (Phi) is 5.94. The van der Waals surface area contributed by atoms with Gasteiger partial charge < -0.3 is 10.2 Å². The number of aromatic amines is 1. The van der Waals surface area contributed by atoms with Crippen LogP contribution in [0.25, 0.3) is 11.4 Å². The van der Waals surface area contributed by atoms with Crippen LogP contribution in [0.15, 0.2) is 48.5 Å². The minimum Gasteiger partial charge on any atom is -0.392 e. The monoisotopic (exact) mass is 309 g/mol. The fourth-order valence-electron chi connectivity index (χ4n) is 1.73. The molecule has 0 saturated carbocycles. The Morgan fingerprint density at radius 3 is 1.91 bits per heavy atom. The van der Waals surface area contributed by atoms with E-state index >= 15 is 0 Å². The van der Waals surface area contributed by atoms with Crippen LogP contribution >= 0.6 is 0 Å². The van der Waals surface area contributed by atoms with E-state index in [1.807, 2.05) is 30.3 Å². The molecule has 0 spiro atoms. The molecule has 7 nitrogen and oxygen atoms in total. The predicted molar refractivity (Wildman–Crippen MR) is 82.6 cm³/mol. The van der Waals surface area contributed by atoms with Crippen LogP contribution in [-0.2, 0) is 13.2 Å². The van der Waals surface area contributed by atoms with Crippen molar-refractivity contribution in [3.8, 4) is 17.5 Å². The minimum atomic E-state index is 0.0334. The van der Waals surface area contributed by atoms with E-state index in [4.69, 9.17) is 15.5 Å². The Morgan fingerprint density at radius 2 is 1.48 bits per heavy atom. The molecule has 0 bridgehead atoms. The first kappa shape index (κ1) is 16.3. The SMILES string of the molecule is N#Cc1ccc(CO)cc1.OCc1ccc(-c2nn[nH]n2)cc1. The Balaban J connectivity index is 0.000000174. The Bertz CT molecular complexity index is 747. The van der Waals surface area contributed by atoms with Crippen LogP contribution in [0.3, 0.4) is 0 Å². The first-order chi connectivity index (χ1) is 11.3. The number of nitrogens with one attached hydrogen (secondary N) is 1. The third kappa shape index (κ3) is 4.71. The number of aliphatic hydroxyl groups is 2. The lowest BCUT2D eigenvalue weighted by atomic mass is 10.1. The van der Waals surface area contributed by atoms with Crippen molar-refractivity contribution in [2.24, 2.45) is 0 Å². The van der Waals surface area contributed by atoms with Gasteiger partial charge in [-0.2, -0.15) is 10.5 Å². The Morgan fingerprint density at radius 1 is 0.913 bits per heavy atom. The van der Waals surface area contributed by atoms with Crippen LogP contribution in [0.4, 0.5) is 0 Å². The number of nitriles is 1. The van der Waals surface area contributed by atoms with Gasteiger partial charge in [0.05, 0.1) is 24.8 Å². The lowest BCUT2D eigenvalue weighted by Gasteiger charge is -1.96. The van der Waals surface area contributed by atoms with Gasteiger partial charge in [-0.05, 0) is 28.5 Å². The van der Waals surface area contributed by atoms with Gasteiger partial charge in [-0.3, -0.25) is 0 Å². The van der Waals surface area contributed by atoms with Crippen molar-refractivity contribution < 1.29 is 10.2 Å². The van der Waals surface area contributed by atoms with Crippen molar-refractivity contribution in [2.45, 2.75) is 13.2 Å². The fraction of sp³-hybridized carbons (Fsp3) is 0.125. The minimum absolute atomic E-state index is 0.0334. The lowest BCUT2D eigenvalue weighted by Crippen LogP contribution is -1.84. The topological polar surface area (TPSA) is 119 Å². The van der Waals surface area contributed by atoms with Crippen LogP contribution in [0.2, 0.25) is 0 Å². The number of hydrogen-bond donors (Lipinski definition) is 3. The molecule has 0 aliphatic carbocycles. The molecule has 2 aromatic carbocycles. The van der Waals surface area contributed by atoms with Crippen LogP contribution in [-0.4, -0.2) is 30.8 Å². The number of benzene rings is 2. The molecule has 7 heteroatoms. The maximum atomic E-state index is 8.81. The molecule has 0 radical (unpaired) electrons. The van der Waals surface area contributed by atoms with Gasteiger partial charge in [0.2, 0.25) is 5.82 Å². The van der Waals surface area contributed by atoms with Crippen molar-refractivity contribution in [1.29, 1.82) is 5.26 Å². The van der Waals surface area contributed by atoms with Gasteiger partial charge in [-0.15, -0.1) is 10.2 Å². The van der Waals surface area contributed by atoms with Gasteiger partial charge in [-0.1, -0.05) is 36.4 Å². The molecule has 0 fully saturated rings. The molecule has 3 aromatic rings. The molecule has 3 N–H and O–H groups in total. The second kappa shape index (κ2) is 8.38. The summed E-state index contributed by atoms with van der Waals surface area (Å²) in [5.74, 6) is 0.560. The van der Waals surface area contributed by atoms with Gasteiger partial charge in [-0.25, -0.2) is 0 Å². The highest BCUT2D eigenvalue weighted by molar-refractivity contribution is 5.53. The maximum Gasteiger partial charge on any atom is 0.204 e. The van der Waals surface area contributed by atoms with E-state index in [0.717, 1.165) is 16.7 Å². The summed E-state index contributed by atoms with van der Waals surface area (Å²) in [6.07, 6.45) is 0. The molecule has 0 unspecified atom stereocenters. The van der Waals surface area contributed by atoms with Crippen molar-refractivity contribution in [2.75, 3.05) is 0 Å². The van der Waals surface area contributed by atoms with E-state index in [1.165, 1.54) is 0 Å². The van der Waals surface area contributed by atoms with Crippen LogP contribution in [0, 0.1) is 11.3 Å². The summed E-state index contributed by atoms with van der Waals surface area (Å²) in [6, 6.07) is 16.2. The number of rotatable bonds is 3. The number of aliphatic hydroxyl groups excluding tert-OH is 2. The fourth-order valence-corrected chi connectivity index (χ4v) is 1.73. The summed E-state index contributed by atoms with van der Waals surface area (Å²) in [4.78, 5) is 0. The summed E-state index contributed by atoms with van der Waals surface area (Å²) in [5.41, 5.74) is 3.20. The number of H-pyrrole nitrogens is 1. The number of hydrogen-bond acceptors (Lipinski definition) is 6. The van der Waals surface area contributed by atoms with Crippen molar-refractivity contribution in [1.82, 2.24) is 20.6 Å². The first-order valence-corrected chi connectivity index (χ1v) is 6.80. The van der Waals surface area contributed by atoms with E-state index < -0.39 is 0 Å². The lowest BCUT2D eigenvalue weighted by molar-refractivity contribution is 0.281. The molecule has 0 aliphatic heterocycles. The number of aromatic nitrogens is 4. The quantitative estimate of drug-likeness (QED) is 0.673. The molecule has 0 aliphatic rings. The molecule has 1 aromatic heterocycles. The summed E-state index contributed by atoms with van der Waals surface area (Å²) in [5, 5.41) is 39.3. The third-order valence-electron chi connectivity index (χ3n) is 3.01. The zero-order valence-electron chi connectivity index (χ0n) is 12.2. The zero-order chi connectivity index (χ0) is 16.5. The average Bonchev–Trinajstić information content (AvgIpc) is 3.17. The van der Waals surface area contributed by atoms with Crippen molar-refractivity contribution >= 4 is 0 Å². The first-order valence-electron chi connectivity index (χ1n) is 6.80. The van der Waals surface area contributed by atoms with Crippen LogP contribution in [0.5, 0.6) is 0 Å². The molecule has 23 heavy (non-hydrogen) atoms. The standard InChI is InChI=1S/C8H8N4O.C8H7NO/c13-5-6-1-3-7(4-2-6)8-9-11-12-10-8;9-5-7-1-3-8(6-10)4-2-7/h1-4,13H,5H2,(H,9,10,11,12);1-4,10H,6H2. The number of nitrogens with zero attached hydrogens (tertiary/aromatic N) is 4.